The Morgan fingerprint density at radius 2 is 1.93 bits per heavy atom. The molecular formula is C22H24N4O2. The number of anilines is 1. The summed E-state index contributed by atoms with van der Waals surface area (Å²) in [6.07, 6.45) is 3.56. The number of hydrogen-bond donors (Lipinski definition) is 1. The van der Waals surface area contributed by atoms with Crippen molar-refractivity contribution in [1.29, 1.82) is 0 Å². The van der Waals surface area contributed by atoms with Crippen molar-refractivity contribution in [1.82, 2.24) is 14.5 Å². The van der Waals surface area contributed by atoms with Crippen LogP contribution in [0.25, 0.3) is 5.76 Å². The van der Waals surface area contributed by atoms with E-state index in [0.29, 0.717) is 29.4 Å². The first-order valence-corrected chi connectivity index (χ1v) is 9.01. The number of aromatic nitrogens is 3. The lowest BCUT2D eigenvalue weighted by atomic mass is 10.0. The van der Waals surface area contributed by atoms with Crippen molar-refractivity contribution in [3.63, 3.8) is 0 Å². The molecule has 6 heteroatoms. The van der Waals surface area contributed by atoms with Crippen molar-refractivity contribution in [2.45, 2.75) is 27.2 Å². The summed E-state index contributed by atoms with van der Waals surface area (Å²) < 4.78 is 7.56. The Morgan fingerprint density at radius 3 is 2.57 bits per heavy atom. The molecule has 0 fully saturated rings. The molecule has 0 aliphatic heterocycles. The molecule has 1 N–H and O–H groups in total. The van der Waals surface area contributed by atoms with Gasteiger partial charge in [0, 0.05) is 7.05 Å². The number of carbonyl (C=O) groups excluding carboxylic acids is 1. The van der Waals surface area contributed by atoms with E-state index < -0.39 is 0 Å². The number of rotatable bonds is 6. The lowest BCUT2D eigenvalue weighted by Gasteiger charge is -2.10. The molecule has 0 aliphatic carbocycles. The number of carbonyl (C=O) groups is 1. The van der Waals surface area contributed by atoms with E-state index in [4.69, 9.17) is 4.74 Å². The Morgan fingerprint density at radius 1 is 1.14 bits per heavy atom. The molecule has 6 nitrogen and oxygen atoms in total. The molecule has 3 aromatic rings. The lowest BCUT2D eigenvalue weighted by molar-refractivity contribution is -0.115. The largest absolute Gasteiger partial charge is 0.437 e. The molecule has 0 radical (unpaired) electrons. The monoisotopic (exact) mass is 376 g/mol. The molecule has 0 bridgehead atoms. The van der Waals surface area contributed by atoms with E-state index in [1.165, 1.54) is 0 Å². The summed E-state index contributed by atoms with van der Waals surface area (Å²) in [5.41, 5.74) is 4.49. The van der Waals surface area contributed by atoms with E-state index in [2.05, 4.69) is 21.9 Å². The maximum atomic E-state index is 12.4. The van der Waals surface area contributed by atoms with Gasteiger partial charge in [-0.25, -0.2) is 4.98 Å². The van der Waals surface area contributed by atoms with Crippen molar-refractivity contribution >= 4 is 17.4 Å². The molecule has 2 aromatic heterocycles. The number of hydrogen-bond acceptors (Lipinski definition) is 4. The molecule has 144 valence electrons. The summed E-state index contributed by atoms with van der Waals surface area (Å²) in [6, 6.07) is 9.66. The Labute approximate surface area is 164 Å². The molecule has 0 aliphatic rings. The van der Waals surface area contributed by atoms with Gasteiger partial charge in [-0.15, -0.1) is 0 Å². The van der Waals surface area contributed by atoms with Gasteiger partial charge in [-0.3, -0.25) is 9.78 Å². The molecule has 3 rings (SSSR count). The Kier molecular flexibility index (Phi) is 5.59. The quantitative estimate of drug-likeness (QED) is 0.661. The summed E-state index contributed by atoms with van der Waals surface area (Å²) in [6.45, 7) is 9.84. The fourth-order valence-corrected chi connectivity index (χ4v) is 2.76. The zero-order valence-corrected chi connectivity index (χ0v) is 16.6. The van der Waals surface area contributed by atoms with Crippen molar-refractivity contribution in [3.05, 3.63) is 77.5 Å². The maximum Gasteiger partial charge on any atom is 0.228 e. The van der Waals surface area contributed by atoms with Crippen LogP contribution < -0.4 is 10.1 Å². The third-order valence-electron chi connectivity index (χ3n) is 4.59. The van der Waals surface area contributed by atoms with Gasteiger partial charge in [-0.2, -0.15) is 0 Å². The number of nitrogens with zero attached hydrogens (tertiary/aromatic N) is 3. The highest BCUT2D eigenvalue weighted by Gasteiger charge is 2.10. The predicted octanol–water partition coefficient (Wildman–Crippen LogP) is 3.97. The zero-order chi connectivity index (χ0) is 20.3. The predicted molar refractivity (Wildman–Crippen MR) is 110 cm³/mol. The molecule has 0 saturated heterocycles. The summed E-state index contributed by atoms with van der Waals surface area (Å²) in [7, 11) is 1.87. The molecule has 0 atom stereocenters. The van der Waals surface area contributed by atoms with Crippen molar-refractivity contribution < 1.29 is 9.53 Å². The van der Waals surface area contributed by atoms with Gasteiger partial charge in [0.2, 0.25) is 11.8 Å². The number of amides is 1. The van der Waals surface area contributed by atoms with E-state index in [9.17, 15) is 4.79 Å². The van der Waals surface area contributed by atoms with Gasteiger partial charge in [-0.1, -0.05) is 30.3 Å². The molecular weight excluding hydrogens is 352 g/mol. The van der Waals surface area contributed by atoms with Gasteiger partial charge in [0.15, 0.2) is 0 Å². The van der Waals surface area contributed by atoms with Crippen molar-refractivity contribution in [2.75, 3.05) is 5.32 Å². The smallest absolute Gasteiger partial charge is 0.228 e. The average molecular weight is 376 g/mol. The van der Waals surface area contributed by atoms with E-state index >= 15 is 0 Å². The van der Waals surface area contributed by atoms with Crippen LogP contribution in [0.4, 0.5) is 5.69 Å². The summed E-state index contributed by atoms with van der Waals surface area (Å²) in [5, 5.41) is 2.88. The number of nitrogens with one attached hydrogen (secondary N) is 1. The fraction of sp³-hybridized carbons (Fsp3) is 0.227. The van der Waals surface area contributed by atoms with Gasteiger partial charge in [-0.05, 0) is 44.0 Å². The van der Waals surface area contributed by atoms with E-state index in [0.717, 1.165) is 22.5 Å². The first-order chi connectivity index (χ1) is 13.3. The van der Waals surface area contributed by atoms with E-state index in [1.54, 1.807) is 24.5 Å². The Hall–Kier alpha value is -3.41. The average Bonchev–Trinajstić information content (AvgIpc) is 2.97. The third-order valence-corrected chi connectivity index (χ3v) is 4.59. The highest BCUT2D eigenvalue weighted by atomic mass is 16.5. The molecule has 1 aromatic carbocycles. The molecule has 0 saturated carbocycles. The van der Waals surface area contributed by atoms with E-state index in [-0.39, 0.29) is 5.91 Å². The Bertz CT molecular complexity index is 1020. The van der Waals surface area contributed by atoms with Crippen LogP contribution in [0.15, 0.2) is 49.3 Å². The van der Waals surface area contributed by atoms with Gasteiger partial charge in [0.25, 0.3) is 0 Å². The highest BCUT2D eigenvalue weighted by Crippen LogP contribution is 2.20. The van der Waals surface area contributed by atoms with Crippen LogP contribution in [0.1, 0.15) is 28.2 Å². The van der Waals surface area contributed by atoms with Crippen LogP contribution in [-0.2, 0) is 18.3 Å². The molecule has 1 amide bonds. The standard InChI is InChI=1S/C22H24N4O2/c1-14-6-7-15(2)18(10-14)11-21(27)25-19-8-9-20(24-12-19)16(3)28-22-13-23-17(4)26(22)5/h6-10,12-13H,3,11H2,1-2,4-5H3,(H,25,27). The van der Waals surface area contributed by atoms with Crippen LogP contribution in [0, 0.1) is 20.8 Å². The second kappa shape index (κ2) is 8.08. The fourth-order valence-electron chi connectivity index (χ4n) is 2.76. The van der Waals surface area contributed by atoms with Crippen LogP contribution >= 0.6 is 0 Å². The Balaban J connectivity index is 1.62. The number of aryl methyl sites for hydroxylation is 3. The van der Waals surface area contributed by atoms with Gasteiger partial charge >= 0.3 is 0 Å². The molecule has 2 heterocycles. The van der Waals surface area contributed by atoms with Crippen LogP contribution in [0.5, 0.6) is 5.88 Å². The van der Waals surface area contributed by atoms with Crippen LogP contribution in [0.2, 0.25) is 0 Å². The summed E-state index contributed by atoms with van der Waals surface area (Å²) in [5.74, 6) is 1.77. The minimum absolute atomic E-state index is 0.0799. The summed E-state index contributed by atoms with van der Waals surface area (Å²) >= 11 is 0. The molecule has 0 spiro atoms. The molecule has 28 heavy (non-hydrogen) atoms. The number of ether oxygens (including phenoxy) is 1. The molecule has 0 unspecified atom stereocenters. The number of imidazole rings is 1. The van der Waals surface area contributed by atoms with E-state index in [1.807, 2.05) is 50.6 Å². The van der Waals surface area contributed by atoms with Crippen LogP contribution in [0.3, 0.4) is 0 Å². The summed E-state index contributed by atoms with van der Waals surface area (Å²) in [4.78, 5) is 20.9. The maximum absolute atomic E-state index is 12.4. The second-order valence-corrected chi connectivity index (χ2v) is 6.81. The van der Waals surface area contributed by atoms with Gasteiger partial charge in [0.05, 0.1) is 24.5 Å². The van der Waals surface area contributed by atoms with Gasteiger partial charge in [0.1, 0.15) is 17.3 Å². The first-order valence-electron chi connectivity index (χ1n) is 9.01. The topological polar surface area (TPSA) is 69.0 Å². The van der Waals surface area contributed by atoms with Crippen molar-refractivity contribution in [2.24, 2.45) is 7.05 Å². The minimum atomic E-state index is -0.0799. The highest BCUT2D eigenvalue weighted by molar-refractivity contribution is 5.92. The number of benzene rings is 1. The second-order valence-electron chi connectivity index (χ2n) is 6.81. The van der Waals surface area contributed by atoms with Crippen LogP contribution in [-0.4, -0.2) is 20.4 Å². The normalized spacial score (nSPS) is 10.6. The van der Waals surface area contributed by atoms with Gasteiger partial charge < -0.3 is 14.6 Å². The minimum Gasteiger partial charge on any atom is -0.437 e. The SMILES string of the molecule is C=C(Oc1cnc(C)n1C)c1ccc(NC(=O)Cc2cc(C)ccc2C)cn1. The lowest BCUT2D eigenvalue weighted by Crippen LogP contribution is -2.15. The first kappa shape index (κ1) is 19.4. The number of pyridine rings is 1. The zero-order valence-electron chi connectivity index (χ0n) is 16.6. The van der Waals surface area contributed by atoms with Crippen molar-refractivity contribution in [3.8, 4) is 5.88 Å². The third kappa shape index (κ3) is 4.46.